The summed E-state index contributed by atoms with van der Waals surface area (Å²) in [7, 11) is 0. The number of benzene rings is 1. The fraction of sp³-hybridized carbons (Fsp3) is 0.300. The van der Waals surface area contributed by atoms with Crippen LogP contribution in [0.1, 0.15) is 24.0 Å². The fourth-order valence-corrected chi connectivity index (χ4v) is 1.25. The van der Waals surface area contributed by atoms with Crippen molar-refractivity contribution in [3.8, 4) is 0 Å². The normalized spacial score (nSPS) is 16.8. The molecule has 1 nitrogen and oxygen atoms in total. The molecule has 1 aromatic carbocycles. The van der Waals surface area contributed by atoms with Gasteiger partial charge in [-0.15, -0.1) is 0 Å². The molecule has 11 heavy (non-hydrogen) atoms. The Morgan fingerprint density at radius 2 is 2.00 bits per heavy atom. The summed E-state index contributed by atoms with van der Waals surface area (Å²) in [5.41, 5.74) is 9.18. The van der Waals surface area contributed by atoms with Crippen molar-refractivity contribution in [3.05, 3.63) is 35.2 Å². The van der Waals surface area contributed by atoms with E-state index >= 15 is 0 Å². The van der Waals surface area contributed by atoms with Crippen LogP contribution < -0.4 is 5.73 Å². The number of hydrogen-bond acceptors (Lipinski definition) is 1. The molecule has 0 aliphatic heterocycles. The first-order chi connectivity index (χ1) is 5.27. The van der Waals surface area contributed by atoms with Gasteiger partial charge in [0.25, 0.3) is 0 Å². The van der Waals surface area contributed by atoms with Gasteiger partial charge in [-0.05, 0) is 37.0 Å². The number of anilines is 1. The molecule has 1 saturated carbocycles. The molecule has 0 saturated heterocycles. The molecule has 0 spiro atoms. The molecular formula is C10H12N. The molecule has 0 heterocycles. The van der Waals surface area contributed by atoms with Gasteiger partial charge in [-0.2, -0.15) is 0 Å². The Balaban J connectivity index is 2.36. The van der Waals surface area contributed by atoms with Crippen molar-refractivity contribution in [2.75, 3.05) is 5.73 Å². The van der Waals surface area contributed by atoms with Gasteiger partial charge < -0.3 is 5.73 Å². The van der Waals surface area contributed by atoms with Crippen LogP contribution in [0.2, 0.25) is 0 Å². The molecule has 0 atom stereocenters. The van der Waals surface area contributed by atoms with Gasteiger partial charge in [0.05, 0.1) is 0 Å². The summed E-state index contributed by atoms with van der Waals surface area (Å²) in [5, 5.41) is 0. The van der Waals surface area contributed by atoms with E-state index < -0.39 is 0 Å². The van der Waals surface area contributed by atoms with Gasteiger partial charge in [0.2, 0.25) is 0 Å². The Morgan fingerprint density at radius 3 is 2.55 bits per heavy atom. The molecule has 0 bridgehead atoms. The lowest BCUT2D eigenvalue weighted by molar-refractivity contribution is 1.36. The maximum absolute atomic E-state index is 5.70. The highest BCUT2D eigenvalue weighted by atomic mass is 14.5. The van der Waals surface area contributed by atoms with Gasteiger partial charge in [-0.25, -0.2) is 0 Å². The summed E-state index contributed by atoms with van der Waals surface area (Å²) in [6.07, 6.45) is 2.56. The van der Waals surface area contributed by atoms with Crippen LogP contribution in [0.3, 0.4) is 0 Å². The number of aryl methyl sites for hydroxylation is 1. The lowest BCUT2D eigenvalue weighted by Gasteiger charge is -2.02. The first kappa shape index (κ1) is 6.71. The number of rotatable bonds is 1. The minimum absolute atomic E-state index is 0.898. The average molecular weight is 146 g/mol. The van der Waals surface area contributed by atoms with Gasteiger partial charge in [-0.1, -0.05) is 12.1 Å². The highest BCUT2D eigenvalue weighted by Crippen LogP contribution is 2.39. The molecule has 0 aromatic heterocycles. The largest absolute Gasteiger partial charge is 0.399 e. The quantitative estimate of drug-likeness (QED) is 0.604. The second kappa shape index (κ2) is 2.26. The van der Waals surface area contributed by atoms with Crippen LogP contribution in [0.5, 0.6) is 0 Å². The lowest BCUT2D eigenvalue weighted by Crippen LogP contribution is -1.90. The van der Waals surface area contributed by atoms with E-state index in [1.54, 1.807) is 5.92 Å². The zero-order valence-corrected chi connectivity index (χ0v) is 6.72. The summed E-state index contributed by atoms with van der Waals surface area (Å²) in [5.74, 6) is 1.58. The van der Waals surface area contributed by atoms with Crippen LogP contribution in [-0.4, -0.2) is 0 Å². The molecule has 1 aliphatic carbocycles. The fourth-order valence-electron chi connectivity index (χ4n) is 1.25. The monoisotopic (exact) mass is 146 g/mol. The highest BCUT2D eigenvalue weighted by Gasteiger charge is 2.24. The van der Waals surface area contributed by atoms with Gasteiger partial charge >= 0.3 is 0 Å². The molecular weight excluding hydrogens is 134 g/mol. The lowest BCUT2D eigenvalue weighted by atomic mass is 10.1. The van der Waals surface area contributed by atoms with Crippen molar-refractivity contribution < 1.29 is 0 Å². The van der Waals surface area contributed by atoms with Crippen LogP contribution in [0.15, 0.2) is 18.2 Å². The van der Waals surface area contributed by atoms with Gasteiger partial charge in [-0.3, -0.25) is 0 Å². The maximum Gasteiger partial charge on any atom is 0.0343 e. The van der Waals surface area contributed by atoms with Crippen molar-refractivity contribution >= 4 is 5.69 Å². The molecule has 1 aliphatic rings. The van der Waals surface area contributed by atoms with E-state index in [1.165, 1.54) is 24.0 Å². The van der Waals surface area contributed by atoms with Crippen LogP contribution in [0.4, 0.5) is 5.69 Å². The molecule has 57 valence electrons. The van der Waals surface area contributed by atoms with Crippen LogP contribution >= 0.6 is 0 Å². The molecule has 1 heteroatoms. The Labute approximate surface area is 67.2 Å². The predicted molar refractivity (Wildman–Crippen MR) is 47.2 cm³/mol. The van der Waals surface area contributed by atoms with Crippen molar-refractivity contribution in [2.45, 2.75) is 19.8 Å². The smallest absolute Gasteiger partial charge is 0.0343 e. The third-order valence-corrected chi connectivity index (χ3v) is 2.18. The summed E-state index contributed by atoms with van der Waals surface area (Å²) in [4.78, 5) is 0. The minimum atomic E-state index is 0.898. The molecule has 0 amide bonds. The number of nitrogen functional groups attached to an aromatic ring is 1. The van der Waals surface area contributed by atoms with Gasteiger partial charge in [0.1, 0.15) is 0 Å². The van der Waals surface area contributed by atoms with E-state index in [4.69, 9.17) is 5.73 Å². The zero-order valence-electron chi connectivity index (χ0n) is 6.72. The van der Waals surface area contributed by atoms with E-state index in [0.29, 0.717) is 0 Å². The number of nitrogens with two attached hydrogens (primary N) is 1. The van der Waals surface area contributed by atoms with Crippen molar-refractivity contribution in [1.29, 1.82) is 0 Å². The van der Waals surface area contributed by atoms with E-state index in [9.17, 15) is 0 Å². The predicted octanol–water partition coefficient (Wildman–Crippen LogP) is 2.29. The summed E-state index contributed by atoms with van der Waals surface area (Å²) < 4.78 is 0. The Bertz CT molecular complexity index is 274. The molecule has 2 rings (SSSR count). The van der Waals surface area contributed by atoms with Crippen LogP contribution in [0, 0.1) is 12.8 Å². The van der Waals surface area contributed by atoms with E-state index in [2.05, 4.69) is 19.1 Å². The van der Waals surface area contributed by atoms with Crippen LogP contribution in [0.25, 0.3) is 0 Å². The highest BCUT2D eigenvalue weighted by molar-refractivity contribution is 5.51. The SMILES string of the molecule is Cc1cc([C]2CC2)ccc1N. The van der Waals surface area contributed by atoms with E-state index in [0.717, 1.165) is 5.69 Å². The molecule has 1 aromatic rings. The Kier molecular flexibility index (Phi) is 1.38. The second-order valence-electron chi connectivity index (χ2n) is 3.17. The Morgan fingerprint density at radius 1 is 1.27 bits per heavy atom. The molecule has 1 radical (unpaired) electrons. The van der Waals surface area contributed by atoms with E-state index in [-0.39, 0.29) is 0 Å². The van der Waals surface area contributed by atoms with Crippen molar-refractivity contribution in [1.82, 2.24) is 0 Å². The molecule has 0 unspecified atom stereocenters. The van der Waals surface area contributed by atoms with Crippen molar-refractivity contribution in [2.24, 2.45) is 0 Å². The summed E-state index contributed by atoms with van der Waals surface area (Å²) >= 11 is 0. The Hall–Kier alpha value is -0.980. The third kappa shape index (κ3) is 1.23. The first-order valence-electron chi connectivity index (χ1n) is 3.98. The van der Waals surface area contributed by atoms with E-state index in [1.807, 2.05) is 6.07 Å². The molecule has 2 N–H and O–H groups in total. The summed E-state index contributed by atoms with van der Waals surface area (Å²) in [6.45, 7) is 2.06. The second-order valence-corrected chi connectivity index (χ2v) is 3.17. The summed E-state index contributed by atoms with van der Waals surface area (Å²) in [6, 6.07) is 6.29. The topological polar surface area (TPSA) is 26.0 Å². The van der Waals surface area contributed by atoms with Crippen molar-refractivity contribution in [3.63, 3.8) is 0 Å². The van der Waals surface area contributed by atoms with Gasteiger partial charge in [0, 0.05) is 11.6 Å². The average Bonchev–Trinajstić information content (AvgIpc) is 2.77. The minimum Gasteiger partial charge on any atom is -0.399 e. The van der Waals surface area contributed by atoms with Crippen LogP contribution in [-0.2, 0) is 0 Å². The number of hydrogen-bond donors (Lipinski definition) is 1. The zero-order chi connectivity index (χ0) is 7.84. The standard InChI is InChI=1S/C10H12N/c1-7-6-9(8-2-3-8)4-5-10(7)11/h4-6H,2-3,11H2,1H3. The third-order valence-electron chi connectivity index (χ3n) is 2.18. The van der Waals surface area contributed by atoms with Gasteiger partial charge in [0.15, 0.2) is 0 Å². The first-order valence-corrected chi connectivity index (χ1v) is 3.98. The maximum atomic E-state index is 5.70. The molecule has 1 fully saturated rings.